The predicted molar refractivity (Wildman–Crippen MR) is 70.9 cm³/mol. The van der Waals surface area contributed by atoms with Crippen molar-refractivity contribution in [2.24, 2.45) is 10.8 Å². The largest absolute Gasteiger partial charge is 0.321 e. The Hall–Kier alpha value is -1.63. The third kappa shape index (κ3) is 3.04. The first-order valence-corrected chi connectivity index (χ1v) is 6.80. The maximum atomic E-state index is 11.8. The minimum atomic E-state index is -0.395. The molecule has 2 aliphatic rings. The zero-order chi connectivity index (χ0) is 13.8. The molecule has 1 saturated carbocycles. The number of nitrogens with zero attached hydrogens (tertiary/aromatic N) is 2. The number of nitrogens with two attached hydrogens (primary N) is 1. The van der Waals surface area contributed by atoms with Crippen molar-refractivity contribution in [2.75, 3.05) is 6.54 Å². The second-order valence-corrected chi connectivity index (χ2v) is 5.00. The van der Waals surface area contributed by atoms with Gasteiger partial charge >= 0.3 is 0 Å². The number of hydrazine groups is 1. The lowest BCUT2D eigenvalue weighted by Crippen LogP contribution is -2.62. The molecule has 1 atom stereocenters. The van der Waals surface area contributed by atoms with Gasteiger partial charge < -0.3 is 4.90 Å². The third-order valence-corrected chi connectivity index (χ3v) is 3.67. The van der Waals surface area contributed by atoms with Crippen LogP contribution in [0.15, 0.2) is 4.99 Å². The van der Waals surface area contributed by atoms with Gasteiger partial charge in [0.25, 0.3) is 0 Å². The number of hydrogen-bond acceptors (Lipinski definition) is 4. The summed E-state index contributed by atoms with van der Waals surface area (Å²) in [6.45, 7) is 2.01. The fourth-order valence-electron chi connectivity index (χ4n) is 2.70. The van der Waals surface area contributed by atoms with Crippen molar-refractivity contribution in [2.45, 2.75) is 51.1 Å². The SMILES string of the molecule is CCC1C(=O)NC(=O)CN1C(=NC1CCCC1)NN. The number of imide groups is 1. The summed E-state index contributed by atoms with van der Waals surface area (Å²) in [5.74, 6) is 5.37. The lowest BCUT2D eigenvalue weighted by atomic mass is 10.1. The van der Waals surface area contributed by atoms with Crippen LogP contribution in [0.25, 0.3) is 0 Å². The Morgan fingerprint density at radius 3 is 2.74 bits per heavy atom. The van der Waals surface area contributed by atoms with Gasteiger partial charge in [0.2, 0.25) is 17.8 Å². The average Bonchev–Trinajstić information content (AvgIpc) is 2.88. The summed E-state index contributed by atoms with van der Waals surface area (Å²) in [7, 11) is 0. The summed E-state index contributed by atoms with van der Waals surface area (Å²) in [4.78, 5) is 29.5. The van der Waals surface area contributed by atoms with Crippen LogP contribution in [0.5, 0.6) is 0 Å². The van der Waals surface area contributed by atoms with Crippen LogP contribution < -0.4 is 16.6 Å². The van der Waals surface area contributed by atoms with Crippen LogP contribution in [0.4, 0.5) is 0 Å². The van der Waals surface area contributed by atoms with E-state index in [1.54, 1.807) is 4.90 Å². The number of amides is 2. The Bertz CT molecular complexity index is 390. The van der Waals surface area contributed by atoms with Gasteiger partial charge in [-0.1, -0.05) is 19.8 Å². The maximum absolute atomic E-state index is 11.8. The van der Waals surface area contributed by atoms with E-state index < -0.39 is 6.04 Å². The van der Waals surface area contributed by atoms with E-state index in [1.807, 2.05) is 6.92 Å². The molecular weight excluding hydrogens is 246 g/mol. The Balaban J connectivity index is 2.18. The normalized spacial score (nSPS) is 25.7. The summed E-state index contributed by atoms with van der Waals surface area (Å²) < 4.78 is 0. The van der Waals surface area contributed by atoms with Crippen LogP contribution in [0.1, 0.15) is 39.0 Å². The van der Waals surface area contributed by atoms with Crippen molar-refractivity contribution in [1.29, 1.82) is 0 Å². The lowest BCUT2D eigenvalue weighted by molar-refractivity contribution is -0.137. The van der Waals surface area contributed by atoms with Crippen molar-refractivity contribution in [3.63, 3.8) is 0 Å². The number of hydrogen-bond donors (Lipinski definition) is 3. The molecule has 1 heterocycles. The highest BCUT2D eigenvalue weighted by Crippen LogP contribution is 2.21. The van der Waals surface area contributed by atoms with Crippen LogP contribution in [-0.2, 0) is 9.59 Å². The Kier molecular flexibility index (Phi) is 4.36. The smallest absolute Gasteiger partial charge is 0.249 e. The highest BCUT2D eigenvalue weighted by molar-refractivity contribution is 6.04. The molecule has 2 amide bonds. The Morgan fingerprint density at radius 2 is 2.16 bits per heavy atom. The van der Waals surface area contributed by atoms with Crippen LogP contribution in [0.3, 0.4) is 0 Å². The van der Waals surface area contributed by atoms with Crippen LogP contribution in [-0.4, -0.2) is 41.3 Å². The number of carbonyl (C=O) groups excluding carboxylic acids is 2. The number of aliphatic imine (C=N–C) groups is 1. The number of rotatable bonds is 2. The molecule has 7 heteroatoms. The van der Waals surface area contributed by atoms with Gasteiger partial charge in [0, 0.05) is 0 Å². The van der Waals surface area contributed by atoms with E-state index in [0.717, 1.165) is 12.8 Å². The Labute approximate surface area is 112 Å². The molecule has 0 radical (unpaired) electrons. The third-order valence-electron chi connectivity index (χ3n) is 3.67. The van der Waals surface area contributed by atoms with Crippen molar-refractivity contribution in [1.82, 2.24) is 15.6 Å². The van der Waals surface area contributed by atoms with E-state index in [4.69, 9.17) is 5.84 Å². The van der Waals surface area contributed by atoms with Crippen LogP contribution in [0, 0.1) is 0 Å². The van der Waals surface area contributed by atoms with Crippen LogP contribution in [0.2, 0.25) is 0 Å². The molecule has 1 unspecified atom stereocenters. The van der Waals surface area contributed by atoms with Gasteiger partial charge in [-0.05, 0) is 19.3 Å². The van der Waals surface area contributed by atoms with Crippen molar-refractivity contribution >= 4 is 17.8 Å². The van der Waals surface area contributed by atoms with Crippen molar-refractivity contribution in [3.05, 3.63) is 0 Å². The van der Waals surface area contributed by atoms with Gasteiger partial charge in [-0.25, -0.2) is 10.8 Å². The molecule has 2 rings (SSSR count). The van der Waals surface area contributed by atoms with E-state index in [1.165, 1.54) is 12.8 Å². The Morgan fingerprint density at radius 1 is 1.47 bits per heavy atom. The van der Waals surface area contributed by atoms with E-state index in [9.17, 15) is 9.59 Å². The fraction of sp³-hybridized carbons (Fsp3) is 0.750. The summed E-state index contributed by atoms with van der Waals surface area (Å²) in [5, 5.41) is 2.34. The first kappa shape index (κ1) is 13.8. The van der Waals surface area contributed by atoms with Gasteiger partial charge in [-0.2, -0.15) is 0 Å². The summed E-state index contributed by atoms with van der Waals surface area (Å²) in [6, 6.07) is -0.155. The second-order valence-electron chi connectivity index (χ2n) is 5.00. The number of piperazine rings is 1. The van der Waals surface area contributed by atoms with Gasteiger partial charge in [-0.3, -0.25) is 20.3 Å². The van der Waals surface area contributed by atoms with Gasteiger partial charge in [0.1, 0.15) is 12.6 Å². The summed E-state index contributed by atoms with van der Waals surface area (Å²) >= 11 is 0. The molecule has 106 valence electrons. The van der Waals surface area contributed by atoms with Gasteiger partial charge in [0.15, 0.2) is 0 Å². The molecule has 0 aromatic heterocycles. The number of carbonyl (C=O) groups is 2. The zero-order valence-corrected chi connectivity index (χ0v) is 11.2. The zero-order valence-electron chi connectivity index (χ0n) is 11.2. The van der Waals surface area contributed by atoms with Crippen molar-refractivity contribution in [3.8, 4) is 0 Å². The molecule has 0 aromatic carbocycles. The predicted octanol–water partition coefficient (Wildman–Crippen LogP) is -0.515. The van der Waals surface area contributed by atoms with Gasteiger partial charge in [0.05, 0.1) is 6.04 Å². The molecule has 1 saturated heterocycles. The molecule has 0 spiro atoms. The van der Waals surface area contributed by atoms with Gasteiger partial charge in [-0.15, -0.1) is 0 Å². The molecule has 7 nitrogen and oxygen atoms in total. The lowest BCUT2D eigenvalue weighted by Gasteiger charge is -2.35. The average molecular weight is 267 g/mol. The molecule has 0 bridgehead atoms. The molecule has 1 aliphatic carbocycles. The molecule has 0 aromatic rings. The molecule has 19 heavy (non-hydrogen) atoms. The quantitative estimate of drug-likeness (QED) is 0.206. The first-order chi connectivity index (χ1) is 9.15. The maximum Gasteiger partial charge on any atom is 0.249 e. The fourth-order valence-corrected chi connectivity index (χ4v) is 2.70. The van der Waals surface area contributed by atoms with E-state index in [-0.39, 0.29) is 24.4 Å². The topological polar surface area (TPSA) is 99.8 Å². The molecule has 2 fully saturated rings. The summed E-state index contributed by atoms with van der Waals surface area (Å²) in [6.07, 6.45) is 5.02. The first-order valence-electron chi connectivity index (χ1n) is 6.80. The summed E-state index contributed by atoms with van der Waals surface area (Å²) in [5.41, 5.74) is 2.55. The monoisotopic (exact) mass is 267 g/mol. The van der Waals surface area contributed by atoms with Crippen molar-refractivity contribution < 1.29 is 9.59 Å². The second kappa shape index (κ2) is 6.01. The van der Waals surface area contributed by atoms with Crippen LogP contribution >= 0.6 is 0 Å². The minimum absolute atomic E-state index is 0.111. The van der Waals surface area contributed by atoms with E-state index in [2.05, 4.69) is 15.7 Å². The highest BCUT2D eigenvalue weighted by atomic mass is 16.2. The van der Waals surface area contributed by atoms with E-state index in [0.29, 0.717) is 12.4 Å². The van der Waals surface area contributed by atoms with E-state index >= 15 is 0 Å². The minimum Gasteiger partial charge on any atom is -0.321 e. The molecular formula is C12H21N5O2. The standard InChI is InChI=1S/C12H21N5O2/c1-2-9-11(19)15-10(18)7-17(9)12(16-13)14-8-5-3-4-6-8/h8-9H,2-7,13H2,1H3,(H,14,16)(H,15,18,19). The number of guanidine groups is 1. The molecule has 4 N–H and O–H groups in total. The molecule has 1 aliphatic heterocycles. The highest BCUT2D eigenvalue weighted by Gasteiger charge is 2.34. The number of nitrogens with one attached hydrogen (secondary N) is 2.